The summed E-state index contributed by atoms with van der Waals surface area (Å²) in [5.74, 6) is 1.15. The topological polar surface area (TPSA) is 74.7 Å². The quantitative estimate of drug-likeness (QED) is 0.831. The van der Waals surface area contributed by atoms with Crippen LogP contribution in [0.25, 0.3) is 0 Å². The Morgan fingerprint density at radius 3 is 2.61 bits per heavy atom. The van der Waals surface area contributed by atoms with E-state index in [1.165, 1.54) is 6.07 Å². The molecule has 0 aliphatic rings. The van der Waals surface area contributed by atoms with E-state index in [0.29, 0.717) is 5.56 Å². The highest BCUT2D eigenvalue weighted by Gasteiger charge is 2.26. The van der Waals surface area contributed by atoms with Crippen molar-refractivity contribution in [2.75, 3.05) is 13.1 Å². The Balaban J connectivity index is 3.25. The van der Waals surface area contributed by atoms with Crippen molar-refractivity contribution in [2.45, 2.75) is 18.1 Å². The number of hydrogen-bond acceptors (Lipinski definition) is 4. The van der Waals surface area contributed by atoms with E-state index in [2.05, 4.69) is 5.92 Å². The van der Waals surface area contributed by atoms with Crippen LogP contribution >= 0.6 is 11.3 Å². The molecule has 0 saturated heterocycles. The van der Waals surface area contributed by atoms with Crippen LogP contribution in [0.15, 0.2) is 10.3 Å². The molecule has 0 saturated carbocycles. The minimum absolute atomic E-state index is 0.00880. The lowest BCUT2D eigenvalue weighted by Gasteiger charge is -2.16. The van der Waals surface area contributed by atoms with Gasteiger partial charge in [0.05, 0.1) is 6.54 Å². The summed E-state index contributed by atoms with van der Waals surface area (Å²) in [6.45, 7) is 3.45. The van der Waals surface area contributed by atoms with Gasteiger partial charge in [0.1, 0.15) is 9.09 Å². The van der Waals surface area contributed by atoms with E-state index < -0.39 is 16.0 Å². The lowest BCUT2D eigenvalue weighted by Crippen LogP contribution is -2.30. The number of thiophene rings is 1. The van der Waals surface area contributed by atoms with Crippen LogP contribution in [0.1, 0.15) is 22.2 Å². The summed E-state index contributed by atoms with van der Waals surface area (Å²) in [6, 6.07) is 1.36. The van der Waals surface area contributed by atoms with Gasteiger partial charge in [-0.25, -0.2) is 13.2 Å². The van der Waals surface area contributed by atoms with Crippen molar-refractivity contribution >= 4 is 27.3 Å². The SMILES string of the molecule is C#CCN(CC)S(=O)(=O)c1cc(C)c(C(=O)O)s1. The third-order valence-corrected chi connectivity index (χ3v) is 5.90. The lowest BCUT2D eigenvalue weighted by molar-refractivity contribution is 0.0701. The summed E-state index contributed by atoms with van der Waals surface area (Å²) < 4.78 is 25.5. The first-order valence-corrected chi connectivity index (χ1v) is 7.37. The standard InChI is InChI=1S/C11H13NO4S2/c1-4-6-12(5-2)18(15,16)9-7-8(3)10(17-9)11(13)14/h1,7H,5-6H2,2-3H3,(H,13,14). The van der Waals surface area contributed by atoms with E-state index in [0.717, 1.165) is 15.6 Å². The fourth-order valence-electron chi connectivity index (χ4n) is 1.39. The number of sulfonamides is 1. The molecule has 98 valence electrons. The van der Waals surface area contributed by atoms with Gasteiger partial charge in [-0.15, -0.1) is 17.8 Å². The molecular formula is C11H13NO4S2. The maximum absolute atomic E-state index is 12.2. The van der Waals surface area contributed by atoms with Crippen molar-refractivity contribution < 1.29 is 18.3 Å². The number of rotatable bonds is 5. The van der Waals surface area contributed by atoms with E-state index in [9.17, 15) is 13.2 Å². The van der Waals surface area contributed by atoms with Crippen LogP contribution in [0.2, 0.25) is 0 Å². The van der Waals surface area contributed by atoms with Gasteiger partial charge in [-0.3, -0.25) is 0 Å². The smallest absolute Gasteiger partial charge is 0.346 e. The van der Waals surface area contributed by atoms with Crippen molar-refractivity contribution in [3.8, 4) is 12.3 Å². The second-order valence-corrected chi connectivity index (χ2v) is 6.74. The molecule has 1 aromatic rings. The van der Waals surface area contributed by atoms with E-state index in [-0.39, 0.29) is 22.2 Å². The molecule has 1 heterocycles. The summed E-state index contributed by atoms with van der Waals surface area (Å²) in [4.78, 5) is 10.9. The normalized spacial score (nSPS) is 11.4. The van der Waals surface area contributed by atoms with Gasteiger partial charge in [0.25, 0.3) is 10.0 Å². The number of aryl methyl sites for hydroxylation is 1. The molecule has 0 unspecified atom stereocenters. The van der Waals surface area contributed by atoms with Crippen LogP contribution in [-0.2, 0) is 10.0 Å². The molecular weight excluding hydrogens is 274 g/mol. The first kappa shape index (κ1) is 14.7. The molecule has 0 bridgehead atoms. The molecule has 0 aliphatic carbocycles. The number of carboxylic acid groups (broad SMARTS) is 1. The lowest BCUT2D eigenvalue weighted by atomic mass is 10.3. The molecule has 1 rings (SSSR count). The molecule has 0 spiro atoms. The predicted molar refractivity (Wildman–Crippen MR) is 69.3 cm³/mol. The summed E-state index contributed by atoms with van der Waals surface area (Å²) in [5.41, 5.74) is 0.433. The van der Waals surface area contributed by atoms with Gasteiger partial charge in [0.15, 0.2) is 0 Å². The van der Waals surface area contributed by atoms with Crippen molar-refractivity contribution in [1.29, 1.82) is 0 Å². The molecule has 0 amide bonds. The maximum Gasteiger partial charge on any atom is 0.346 e. The number of hydrogen-bond donors (Lipinski definition) is 1. The molecule has 0 fully saturated rings. The first-order chi connectivity index (χ1) is 8.34. The molecule has 1 aromatic heterocycles. The van der Waals surface area contributed by atoms with Gasteiger partial charge < -0.3 is 5.11 Å². The largest absolute Gasteiger partial charge is 0.477 e. The van der Waals surface area contributed by atoms with Crippen LogP contribution in [0, 0.1) is 19.3 Å². The highest BCUT2D eigenvalue weighted by atomic mass is 32.2. The highest BCUT2D eigenvalue weighted by Crippen LogP contribution is 2.28. The van der Waals surface area contributed by atoms with Crippen molar-refractivity contribution in [1.82, 2.24) is 4.31 Å². The average molecular weight is 287 g/mol. The minimum atomic E-state index is -3.70. The van der Waals surface area contributed by atoms with Gasteiger partial charge >= 0.3 is 5.97 Å². The number of terminal acetylenes is 1. The average Bonchev–Trinajstić information content (AvgIpc) is 2.68. The third-order valence-electron chi connectivity index (χ3n) is 2.30. The second-order valence-electron chi connectivity index (χ2n) is 3.52. The summed E-state index contributed by atoms with van der Waals surface area (Å²) >= 11 is 0.746. The van der Waals surface area contributed by atoms with Crippen LogP contribution in [0.5, 0.6) is 0 Å². The summed E-state index contributed by atoms with van der Waals surface area (Å²) in [6.07, 6.45) is 5.12. The third kappa shape index (κ3) is 2.72. The fourth-order valence-corrected chi connectivity index (χ4v) is 4.28. The monoisotopic (exact) mass is 287 g/mol. The number of carbonyl (C=O) groups is 1. The molecule has 7 heteroatoms. The summed E-state index contributed by atoms with van der Waals surface area (Å²) in [7, 11) is -3.70. The molecule has 18 heavy (non-hydrogen) atoms. The van der Waals surface area contributed by atoms with Gasteiger partial charge in [0.2, 0.25) is 0 Å². The van der Waals surface area contributed by atoms with Crippen molar-refractivity contribution in [3.05, 3.63) is 16.5 Å². The van der Waals surface area contributed by atoms with Crippen LogP contribution in [0.4, 0.5) is 0 Å². The number of aromatic carboxylic acids is 1. The van der Waals surface area contributed by atoms with Crippen molar-refractivity contribution in [2.24, 2.45) is 0 Å². The van der Waals surface area contributed by atoms with E-state index in [1.807, 2.05) is 0 Å². The van der Waals surface area contributed by atoms with Crippen LogP contribution < -0.4 is 0 Å². The van der Waals surface area contributed by atoms with E-state index in [1.54, 1.807) is 13.8 Å². The number of carboxylic acids is 1. The Bertz CT molecular complexity index is 595. The maximum atomic E-state index is 12.2. The zero-order chi connectivity index (χ0) is 13.9. The molecule has 0 atom stereocenters. The van der Waals surface area contributed by atoms with Gasteiger partial charge in [-0.05, 0) is 18.6 Å². The van der Waals surface area contributed by atoms with Crippen LogP contribution in [0.3, 0.4) is 0 Å². The molecule has 5 nitrogen and oxygen atoms in total. The predicted octanol–water partition coefficient (Wildman–Crippen LogP) is 1.40. The second kappa shape index (κ2) is 5.52. The van der Waals surface area contributed by atoms with Gasteiger partial charge in [-0.1, -0.05) is 12.8 Å². The molecule has 0 radical (unpaired) electrons. The fraction of sp³-hybridized carbons (Fsp3) is 0.364. The molecule has 0 aliphatic heterocycles. The van der Waals surface area contributed by atoms with E-state index >= 15 is 0 Å². The Labute approximate surface area is 110 Å². The Hall–Kier alpha value is -1.36. The molecule has 0 aromatic carbocycles. The summed E-state index contributed by atoms with van der Waals surface area (Å²) in [5, 5.41) is 8.91. The first-order valence-electron chi connectivity index (χ1n) is 5.12. The Morgan fingerprint density at radius 2 is 2.22 bits per heavy atom. The van der Waals surface area contributed by atoms with Crippen molar-refractivity contribution in [3.63, 3.8) is 0 Å². The Kier molecular flexibility index (Phi) is 4.51. The van der Waals surface area contributed by atoms with Gasteiger partial charge in [-0.2, -0.15) is 4.31 Å². The minimum Gasteiger partial charge on any atom is -0.477 e. The number of nitrogens with zero attached hydrogens (tertiary/aromatic N) is 1. The Morgan fingerprint density at radius 1 is 1.61 bits per heavy atom. The van der Waals surface area contributed by atoms with Gasteiger partial charge in [0, 0.05) is 6.54 Å². The highest BCUT2D eigenvalue weighted by molar-refractivity contribution is 7.91. The van der Waals surface area contributed by atoms with E-state index in [4.69, 9.17) is 11.5 Å². The molecule has 1 N–H and O–H groups in total. The zero-order valence-electron chi connectivity index (χ0n) is 10.0. The van der Waals surface area contributed by atoms with Crippen LogP contribution in [-0.4, -0.2) is 36.9 Å². The zero-order valence-corrected chi connectivity index (χ0v) is 11.6.